The van der Waals surface area contributed by atoms with Gasteiger partial charge in [0.1, 0.15) is 6.10 Å². The lowest BCUT2D eigenvalue weighted by molar-refractivity contribution is 0.0365. The van der Waals surface area contributed by atoms with Crippen LogP contribution >= 0.6 is 0 Å². The highest BCUT2D eigenvalue weighted by atomic mass is 16.5. The molecule has 1 N–H and O–H groups in total. The van der Waals surface area contributed by atoms with E-state index in [0.717, 1.165) is 29.4 Å². The van der Waals surface area contributed by atoms with Gasteiger partial charge >= 0.3 is 0 Å². The Labute approximate surface area is 122 Å². The molecule has 0 amide bonds. The molecule has 3 rings (SSSR count). The number of nitrogens with one attached hydrogen (secondary N) is 1. The van der Waals surface area contributed by atoms with Crippen LogP contribution in [0, 0.1) is 13.8 Å². The van der Waals surface area contributed by atoms with E-state index in [0.29, 0.717) is 13.2 Å². The van der Waals surface area contributed by atoms with Crippen LogP contribution in [0.15, 0.2) is 29.1 Å². The summed E-state index contributed by atoms with van der Waals surface area (Å²) in [5, 5.41) is 8.30. The Hall–Kier alpha value is -2.21. The molecule has 0 aliphatic carbocycles. The Kier molecular flexibility index (Phi) is 3.70. The molecule has 110 valence electrons. The molecule has 2 aromatic heterocycles. The van der Waals surface area contributed by atoms with Crippen molar-refractivity contribution in [3.63, 3.8) is 0 Å². The Bertz CT molecular complexity index is 681. The number of aryl methyl sites for hydroxylation is 2. The van der Waals surface area contributed by atoms with E-state index in [-0.39, 0.29) is 11.5 Å². The maximum atomic E-state index is 11.6. The third-order valence-electron chi connectivity index (χ3n) is 3.52. The van der Waals surface area contributed by atoms with Crippen LogP contribution in [0.4, 0.5) is 5.82 Å². The average Bonchev–Trinajstić information content (AvgIpc) is 2.47. The van der Waals surface area contributed by atoms with Gasteiger partial charge in [0.25, 0.3) is 0 Å². The summed E-state index contributed by atoms with van der Waals surface area (Å²) in [6.45, 7) is 5.80. The number of aromatic nitrogens is 3. The molecule has 1 fully saturated rings. The molecule has 1 saturated heterocycles. The fourth-order valence-electron chi connectivity index (χ4n) is 2.49. The van der Waals surface area contributed by atoms with Gasteiger partial charge in [0, 0.05) is 30.1 Å². The Balaban J connectivity index is 1.82. The summed E-state index contributed by atoms with van der Waals surface area (Å²) in [6, 6.07) is 7.09. The minimum absolute atomic E-state index is 0.00268. The fraction of sp³-hybridized carbons (Fsp3) is 0.400. The number of rotatable bonds is 2. The highest BCUT2D eigenvalue weighted by Crippen LogP contribution is 2.23. The van der Waals surface area contributed by atoms with Gasteiger partial charge in [0.15, 0.2) is 11.2 Å². The largest absolute Gasteiger partial charge is 0.368 e. The number of anilines is 1. The average molecular weight is 286 g/mol. The molecule has 0 saturated carbocycles. The van der Waals surface area contributed by atoms with Crippen LogP contribution in [-0.2, 0) is 4.74 Å². The molecule has 21 heavy (non-hydrogen) atoms. The number of hydrogen-bond acceptors (Lipinski definition) is 5. The van der Waals surface area contributed by atoms with Crippen molar-refractivity contribution in [3.05, 3.63) is 51.6 Å². The van der Waals surface area contributed by atoms with Crippen LogP contribution in [0.3, 0.4) is 0 Å². The summed E-state index contributed by atoms with van der Waals surface area (Å²) in [7, 11) is 0. The summed E-state index contributed by atoms with van der Waals surface area (Å²) >= 11 is 0. The maximum absolute atomic E-state index is 11.6. The van der Waals surface area contributed by atoms with Gasteiger partial charge in [0.2, 0.25) is 0 Å². The molecule has 0 aromatic carbocycles. The molecule has 1 atom stereocenters. The van der Waals surface area contributed by atoms with Gasteiger partial charge < -0.3 is 14.6 Å². The highest BCUT2D eigenvalue weighted by Gasteiger charge is 2.24. The lowest BCUT2D eigenvalue weighted by Gasteiger charge is -2.33. The molecule has 1 aliphatic rings. The standard InChI is InChI=1S/C15H18N4O2/c1-10-3-4-15(18-17-10)19-5-6-21-14(9-19)13-8-12(20)7-11(2)16-13/h3-4,7-8,14H,5-6,9H2,1-2H3,(H,16,20)/t14-/m1/s1. The number of aromatic amines is 1. The molecule has 0 radical (unpaired) electrons. The number of morpholine rings is 1. The van der Waals surface area contributed by atoms with Gasteiger partial charge in [-0.1, -0.05) is 0 Å². The third kappa shape index (κ3) is 3.11. The first kappa shape index (κ1) is 13.8. The first-order valence-electron chi connectivity index (χ1n) is 6.99. The van der Waals surface area contributed by atoms with Crippen molar-refractivity contribution in [1.29, 1.82) is 0 Å². The zero-order chi connectivity index (χ0) is 14.8. The van der Waals surface area contributed by atoms with E-state index < -0.39 is 0 Å². The number of pyridine rings is 1. The van der Waals surface area contributed by atoms with Gasteiger partial charge in [0.05, 0.1) is 18.8 Å². The number of hydrogen-bond donors (Lipinski definition) is 1. The zero-order valence-corrected chi connectivity index (χ0v) is 12.2. The van der Waals surface area contributed by atoms with Crippen LogP contribution < -0.4 is 10.3 Å². The normalized spacial score (nSPS) is 18.8. The van der Waals surface area contributed by atoms with Gasteiger partial charge in [-0.25, -0.2) is 0 Å². The van der Waals surface area contributed by atoms with Crippen LogP contribution in [0.25, 0.3) is 0 Å². The molecule has 3 heterocycles. The Morgan fingerprint density at radius 3 is 2.86 bits per heavy atom. The van der Waals surface area contributed by atoms with E-state index in [9.17, 15) is 4.79 Å². The second-order valence-electron chi connectivity index (χ2n) is 5.29. The second kappa shape index (κ2) is 5.65. The van der Waals surface area contributed by atoms with E-state index in [2.05, 4.69) is 20.1 Å². The van der Waals surface area contributed by atoms with Gasteiger partial charge in [-0.15, -0.1) is 5.10 Å². The maximum Gasteiger partial charge on any atom is 0.182 e. The smallest absolute Gasteiger partial charge is 0.182 e. The molecule has 2 aromatic rings. The molecular formula is C15H18N4O2. The zero-order valence-electron chi connectivity index (χ0n) is 12.2. The first-order chi connectivity index (χ1) is 10.1. The lowest BCUT2D eigenvalue weighted by Crippen LogP contribution is -2.39. The molecular weight excluding hydrogens is 268 g/mol. The number of ether oxygens (including phenoxy) is 1. The van der Waals surface area contributed by atoms with E-state index in [4.69, 9.17) is 4.74 Å². The minimum atomic E-state index is -0.158. The fourth-order valence-corrected chi connectivity index (χ4v) is 2.49. The predicted octanol–water partition coefficient (Wildman–Crippen LogP) is 1.36. The monoisotopic (exact) mass is 286 g/mol. The minimum Gasteiger partial charge on any atom is -0.368 e. The van der Waals surface area contributed by atoms with E-state index in [1.807, 2.05) is 26.0 Å². The van der Waals surface area contributed by atoms with Crippen molar-refractivity contribution in [2.75, 3.05) is 24.6 Å². The Morgan fingerprint density at radius 2 is 2.14 bits per heavy atom. The highest BCUT2D eigenvalue weighted by molar-refractivity contribution is 5.38. The van der Waals surface area contributed by atoms with E-state index in [1.165, 1.54) is 0 Å². The van der Waals surface area contributed by atoms with Crippen LogP contribution in [-0.4, -0.2) is 34.9 Å². The van der Waals surface area contributed by atoms with E-state index in [1.54, 1.807) is 12.1 Å². The second-order valence-corrected chi connectivity index (χ2v) is 5.29. The summed E-state index contributed by atoms with van der Waals surface area (Å²) in [4.78, 5) is 17.0. The summed E-state index contributed by atoms with van der Waals surface area (Å²) in [6.07, 6.45) is -0.158. The van der Waals surface area contributed by atoms with Crippen molar-refractivity contribution in [3.8, 4) is 0 Å². The van der Waals surface area contributed by atoms with Crippen LogP contribution in [0.1, 0.15) is 23.2 Å². The topological polar surface area (TPSA) is 71.1 Å². The quantitative estimate of drug-likeness (QED) is 0.902. The lowest BCUT2D eigenvalue weighted by atomic mass is 10.1. The first-order valence-corrected chi connectivity index (χ1v) is 6.99. The Morgan fingerprint density at radius 1 is 1.29 bits per heavy atom. The van der Waals surface area contributed by atoms with E-state index >= 15 is 0 Å². The molecule has 6 nitrogen and oxygen atoms in total. The SMILES string of the molecule is Cc1ccc(N2CCO[C@@H](c3cc(=O)cc(C)[nH]3)C2)nn1. The molecule has 0 unspecified atom stereocenters. The van der Waals surface area contributed by atoms with Crippen LogP contribution in [0.5, 0.6) is 0 Å². The van der Waals surface area contributed by atoms with Gasteiger partial charge in [-0.3, -0.25) is 4.79 Å². The number of nitrogens with zero attached hydrogens (tertiary/aromatic N) is 3. The summed E-state index contributed by atoms with van der Waals surface area (Å²) in [5.41, 5.74) is 2.54. The van der Waals surface area contributed by atoms with Crippen molar-refractivity contribution < 1.29 is 4.74 Å². The molecule has 0 spiro atoms. The summed E-state index contributed by atoms with van der Waals surface area (Å²) < 4.78 is 5.79. The van der Waals surface area contributed by atoms with Crippen molar-refractivity contribution in [2.24, 2.45) is 0 Å². The van der Waals surface area contributed by atoms with Crippen LogP contribution in [0.2, 0.25) is 0 Å². The van der Waals surface area contributed by atoms with Gasteiger partial charge in [-0.2, -0.15) is 5.10 Å². The molecule has 1 aliphatic heterocycles. The number of H-pyrrole nitrogens is 1. The van der Waals surface area contributed by atoms with Gasteiger partial charge in [-0.05, 0) is 26.0 Å². The van der Waals surface area contributed by atoms with Crippen molar-refractivity contribution in [2.45, 2.75) is 20.0 Å². The molecule has 0 bridgehead atoms. The summed E-state index contributed by atoms with van der Waals surface area (Å²) in [5.74, 6) is 0.837. The molecule has 6 heteroatoms. The van der Waals surface area contributed by atoms with Crippen molar-refractivity contribution in [1.82, 2.24) is 15.2 Å². The predicted molar refractivity (Wildman–Crippen MR) is 79.5 cm³/mol. The van der Waals surface area contributed by atoms with Crippen molar-refractivity contribution >= 4 is 5.82 Å². The third-order valence-corrected chi connectivity index (χ3v) is 3.52.